The molecular formula is C17H17F2NO4. The van der Waals surface area contributed by atoms with Crippen LogP contribution < -0.4 is 10.1 Å². The number of amides is 1. The molecule has 24 heavy (non-hydrogen) atoms. The summed E-state index contributed by atoms with van der Waals surface area (Å²) >= 11 is 0. The Hall–Kier alpha value is -2.44. The van der Waals surface area contributed by atoms with Crippen molar-refractivity contribution in [2.45, 2.75) is 19.5 Å². The molecule has 0 radical (unpaired) electrons. The first-order valence-electron chi connectivity index (χ1n) is 7.71. The third-order valence-corrected chi connectivity index (χ3v) is 4.30. The number of anilines is 1. The highest BCUT2D eigenvalue weighted by molar-refractivity contribution is 5.94. The molecule has 2 bridgehead atoms. The van der Waals surface area contributed by atoms with Crippen LogP contribution in [0.1, 0.15) is 12.8 Å². The fraction of sp³-hybridized carbons (Fsp3) is 0.412. The summed E-state index contributed by atoms with van der Waals surface area (Å²) in [4.78, 5) is 23.9. The van der Waals surface area contributed by atoms with Crippen molar-refractivity contribution in [1.29, 1.82) is 0 Å². The number of para-hydroxylation sites is 2. The summed E-state index contributed by atoms with van der Waals surface area (Å²) in [5, 5.41) is 2.41. The van der Waals surface area contributed by atoms with E-state index in [0.29, 0.717) is 5.92 Å². The number of halogens is 2. The predicted octanol–water partition coefficient (Wildman–Crippen LogP) is 2.98. The molecule has 0 aromatic heterocycles. The van der Waals surface area contributed by atoms with Crippen LogP contribution in [0.2, 0.25) is 0 Å². The molecule has 0 spiro atoms. The number of alkyl halides is 2. The van der Waals surface area contributed by atoms with Crippen molar-refractivity contribution in [2.75, 3.05) is 11.9 Å². The van der Waals surface area contributed by atoms with Crippen molar-refractivity contribution in [3.63, 3.8) is 0 Å². The van der Waals surface area contributed by atoms with Gasteiger partial charge >= 0.3 is 12.6 Å². The fourth-order valence-corrected chi connectivity index (χ4v) is 3.25. The van der Waals surface area contributed by atoms with Crippen LogP contribution in [0.3, 0.4) is 0 Å². The molecule has 2 aliphatic rings. The first-order chi connectivity index (χ1) is 11.5. The lowest BCUT2D eigenvalue weighted by molar-refractivity contribution is -0.152. The lowest BCUT2D eigenvalue weighted by atomic mass is 9.94. The van der Waals surface area contributed by atoms with E-state index < -0.39 is 19.1 Å². The van der Waals surface area contributed by atoms with E-state index in [0.717, 1.165) is 12.8 Å². The Kier molecular flexibility index (Phi) is 4.78. The third kappa shape index (κ3) is 3.72. The van der Waals surface area contributed by atoms with Gasteiger partial charge in [0.25, 0.3) is 5.91 Å². The van der Waals surface area contributed by atoms with Crippen molar-refractivity contribution < 1.29 is 27.8 Å². The lowest BCUT2D eigenvalue weighted by Gasteiger charge is -2.16. The molecule has 1 fully saturated rings. The zero-order chi connectivity index (χ0) is 17.1. The van der Waals surface area contributed by atoms with Crippen molar-refractivity contribution in [2.24, 2.45) is 17.8 Å². The highest BCUT2D eigenvalue weighted by Gasteiger charge is 2.40. The molecule has 0 heterocycles. The van der Waals surface area contributed by atoms with Crippen LogP contribution in [0.15, 0.2) is 36.4 Å². The number of nitrogens with one attached hydrogen (secondary N) is 1. The SMILES string of the molecule is O=C(COC(=O)[C@@H]1C[C@@H]2C=C[C@@H]1C2)Nc1ccccc1OC(F)F. The Morgan fingerprint density at radius 3 is 2.67 bits per heavy atom. The molecule has 5 nitrogen and oxygen atoms in total. The summed E-state index contributed by atoms with van der Waals surface area (Å²) in [6, 6.07) is 5.82. The minimum atomic E-state index is -2.99. The number of carbonyl (C=O) groups excluding carboxylic acids is 2. The second-order valence-corrected chi connectivity index (χ2v) is 5.92. The van der Waals surface area contributed by atoms with E-state index in [1.54, 1.807) is 6.07 Å². The average molecular weight is 337 g/mol. The van der Waals surface area contributed by atoms with Crippen LogP contribution in [0.4, 0.5) is 14.5 Å². The summed E-state index contributed by atoms with van der Waals surface area (Å²) in [6.45, 7) is -3.45. The highest BCUT2D eigenvalue weighted by Crippen LogP contribution is 2.43. The van der Waals surface area contributed by atoms with Gasteiger partial charge in [-0.15, -0.1) is 0 Å². The number of carbonyl (C=O) groups is 2. The Labute approximate surface area is 137 Å². The van der Waals surface area contributed by atoms with E-state index in [2.05, 4.69) is 16.1 Å². The van der Waals surface area contributed by atoms with Crippen LogP contribution in [0, 0.1) is 17.8 Å². The number of hydrogen-bond donors (Lipinski definition) is 1. The average Bonchev–Trinajstić information content (AvgIpc) is 3.17. The van der Waals surface area contributed by atoms with Crippen LogP contribution in [-0.4, -0.2) is 25.1 Å². The topological polar surface area (TPSA) is 64.6 Å². The van der Waals surface area contributed by atoms with Crippen LogP contribution in [-0.2, 0) is 14.3 Å². The maximum atomic E-state index is 12.3. The minimum absolute atomic E-state index is 0.0988. The van der Waals surface area contributed by atoms with Crippen LogP contribution >= 0.6 is 0 Å². The highest BCUT2D eigenvalue weighted by atomic mass is 19.3. The summed E-state index contributed by atoms with van der Waals surface area (Å²) in [6.07, 6.45) is 5.86. The number of allylic oxidation sites excluding steroid dienone is 2. The Morgan fingerprint density at radius 2 is 2.00 bits per heavy atom. The van der Waals surface area contributed by atoms with E-state index in [-0.39, 0.29) is 29.2 Å². The number of esters is 1. The molecule has 1 aromatic rings. The van der Waals surface area contributed by atoms with Gasteiger partial charge in [-0.2, -0.15) is 8.78 Å². The molecule has 1 aromatic carbocycles. The van der Waals surface area contributed by atoms with Crippen LogP contribution in [0.25, 0.3) is 0 Å². The number of benzene rings is 1. The summed E-state index contributed by atoms with van der Waals surface area (Å²) in [7, 11) is 0. The smallest absolute Gasteiger partial charge is 0.387 e. The third-order valence-electron chi connectivity index (χ3n) is 4.30. The summed E-state index contributed by atoms with van der Waals surface area (Å²) < 4.78 is 34.0. The van der Waals surface area contributed by atoms with Gasteiger partial charge in [0.15, 0.2) is 6.61 Å². The molecule has 7 heteroatoms. The van der Waals surface area contributed by atoms with Gasteiger partial charge in [0, 0.05) is 0 Å². The number of hydrogen-bond acceptors (Lipinski definition) is 4. The first kappa shape index (κ1) is 16.4. The minimum Gasteiger partial charge on any atom is -0.455 e. The lowest BCUT2D eigenvalue weighted by Crippen LogP contribution is -2.26. The quantitative estimate of drug-likeness (QED) is 0.640. The van der Waals surface area contributed by atoms with Crippen LogP contribution in [0.5, 0.6) is 5.75 Å². The number of fused-ring (bicyclic) bond motifs is 2. The van der Waals surface area contributed by atoms with Gasteiger partial charge in [-0.3, -0.25) is 9.59 Å². The Morgan fingerprint density at radius 1 is 1.21 bits per heavy atom. The van der Waals surface area contributed by atoms with Crippen molar-refractivity contribution in [3.05, 3.63) is 36.4 Å². The molecule has 0 aliphatic heterocycles. The van der Waals surface area contributed by atoms with Gasteiger partial charge in [0.1, 0.15) is 5.75 Å². The van der Waals surface area contributed by atoms with E-state index in [4.69, 9.17) is 4.74 Å². The number of rotatable bonds is 6. The summed E-state index contributed by atoms with van der Waals surface area (Å²) in [5.74, 6) is -0.704. The molecule has 3 atom stereocenters. The molecule has 3 rings (SSSR count). The molecule has 1 amide bonds. The second kappa shape index (κ2) is 6.98. The molecule has 0 saturated heterocycles. The Bertz CT molecular complexity index is 662. The molecule has 2 aliphatic carbocycles. The summed E-state index contributed by atoms with van der Waals surface area (Å²) in [5.41, 5.74) is 0.0988. The van der Waals surface area contributed by atoms with Gasteiger partial charge in [-0.1, -0.05) is 24.3 Å². The number of ether oxygens (including phenoxy) is 2. The maximum Gasteiger partial charge on any atom is 0.387 e. The molecule has 1 saturated carbocycles. The second-order valence-electron chi connectivity index (χ2n) is 5.92. The van der Waals surface area contributed by atoms with E-state index in [1.807, 2.05) is 6.08 Å². The largest absolute Gasteiger partial charge is 0.455 e. The normalized spacial score (nSPS) is 24.2. The standard InChI is InChI=1S/C17H17F2NO4/c18-17(19)24-14-4-2-1-3-13(14)20-15(21)9-23-16(22)12-8-10-5-6-11(12)7-10/h1-6,10-12,17H,7-9H2,(H,20,21)/t10-,11-,12-/m1/s1. The Balaban J connectivity index is 1.51. The van der Waals surface area contributed by atoms with Crippen molar-refractivity contribution in [1.82, 2.24) is 0 Å². The van der Waals surface area contributed by atoms with E-state index in [9.17, 15) is 18.4 Å². The first-order valence-corrected chi connectivity index (χ1v) is 7.71. The molecular weight excluding hydrogens is 320 g/mol. The van der Waals surface area contributed by atoms with Gasteiger partial charge in [-0.05, 0) is 36.8 Å². The zero-order valence-electron chi connectivity index (χ0n) is 12.8. The van der Waals surface area contributed by atoms with Gasteiger partial charge in [-0.25, -0.2) is 0 Å². The van der Waals surface area contributed by atoms with Crippen molar-refractivity contribution >= 4 is 17.6 Å². The molecule has 128 valence electrons. The van der Waals surface area contributed by atoms with Crippen molar-refractivity contribution in [3.8, 4) is 5.75 Å². The maximum absolute atomic E-state index is 12.3. The monoisotopic (exact) mass is 337 g/mol. The van der Waals surface area contributed by atoms with E-state index in [1.165, 1.54) is 18.2 Å². The molecule has 1 N–H and O–H groups in total. The van der Waals surface area contributed by atoms with Gasteiger partial charge in [0.2, 0.25) is 0 Å². The van der Waals surface area contributed by atoms with Gasteiger partial charge < -0.3 is 14.8 Å². The fourth-order valence-electron chi connectivity index (χ4n) is 3.25. The predicted molar refractivity (Wildman–Crippen MR) is 81.5 cm³/mol. The van der Waals surface area contributed by atoms with E-state index >= 15 is 0 Å². The molecule has 0 unspecified atom stereocenters. The zero-order valence-corrected chi connectivity index (χ0v) is 12.8. The van der Waals surface area contributed by atoms with Gasteiger partial charge in [0.05, 0.1) is 11.6 Å².